The van der Waals surface area contributed by atoms with Crippen LogP contribution in [0.5, 0.6) is 0 Å². The van der Waals surface area contributed by atoms with Crippen molar-refractivity contribution in [2.45, 2.75) is 33.1 Å². The quantitative estimate of drug-likeness (QED) is 0.873. The lowest BCUT2D eigenvalue weighted by Gasteiger charge is -2.37. The summed E-state index contributed by atoms with van der Waals surface area (Å²) in [6.45, 7) is 8.33. The van der Waals surface area contributed by atoms with E-state index in [4.69, 9.17) is 0 Å². The van der Waals surface area contributed by atoms with Crippen molar-refractivity contribution in [2.24, 2.45) is 5.41 Å². The summed E-state index contributed by atoms with van der Waals surface area (Å²) >= 11 is 0. The SMILES string of the molecule is CCNC(=O)c1ccc(NC(=O)N2CCC3(CCN(C)CC3)C2)c(C)c1. The standard InChI is InChI=1S/C20H30N4O2/c1-4-21-18(25)16-5-6-17(15(2)13-16)22-19(26)24-12-9-20(14-24)7-10-23(3)11-8-20/h5-6,13H,4,7-12,14H2,1-3H3,(H,21,25)(H,22,26). The van der Waals surface area contributed by atoms with E-state index in [2.05, 4.69) is 22.6 Å². The van der Waals surface area contributed by atoms with Gasteiger partial charge in [0.05, 0.1) is 0 Å². The largest absolute Gasteiger partial charge is 0.352 e. The third-order valence-electron chi connectivity index (χ3n) is 5.84. The predicted molar refractivity (Wildman–Crippen MR) is 104 cm³/mol. The second-order valence-corrected chi connectivity index (χ2v) is 7.79. The maximum absolute atomic E-state index is 12.7. The van der Waals surface area contributed by atoms with Crippen molar-refractivity contribution in [1.82, 2.24) is 15.1 Å². The van der Waals surface area contributed by atoms with Gasteiger partial charge in [0.15, 0.2) is 0 Å². The van der Waals surface area contributed by atoms with Crippen molar-refractivity contribution in [3.63, 3.8) is 0 Å². The fourth-order valence-corrected chi connectivity index (χ4v) is 4.01. The van der Waals surface area contributed by atoms with Crippen LogP contribution in [0.1, 0.15) is 42.1 Å². The number of hydrogen-bond acceptors (Lipinski definition) is 3. The van der Waals surface area contributed by atoms with Gasteiger partial charge in [0.25, 0.3) is 5.91 Å². The van der Waals surface area contributed by atoms with Crippen molar-refractivity contribution in [2.75, 3.05) is 45.1 Å². The van der Waals surface area contributed by atoms with Gasteiger partial charge in [-0.2, -0.15) is 0 Å². The second-order valence-electron chi connectivity index (χ2n) is 7.79. The summed E-state index contributed by atoms with van der Waals surface area (Å²) < 4.78 is 0. The van der Waals surface area contributed by atoms with Crippen molar-refractivity contribution in [1.29, 1.82) is 0 Å². The summed E-state index contributed by atoms with van der Waals surface area (Å²) in [5, 5.41) is 5.82. The molecule has 6 heteroatoms. The zero-order chi connectivity index (χ0) is 18.7. The molecule has 3 amide bonds. The summed E-state index contributed by atoms with van der Waals surface area (Å²) in [7, 11) is 2.17. The number of rotatable bonds is 3. The number of anilines is 1. The van der Waals surface area contributed by atoms with Crippen molar-refractivity contribution < 1.29 is 9.59 Å². The third kappa shape index (κ3) is 4.01. The zero-order valence-corrected chi connectivity index (χ0v) is 16.1. The number of benzene rings is 1. The number of amides is 3. The van der Waals surface area contributed by atoms with Crippen molar-refractivity contribution >= 4 is 17.6 Å². The van der Waals surface area contributed by atoms with Gasteiger partial charge in [-0.3, -0.25) is 4.79 Å². The number of carbonyl (C=O) groups excluding carboxylic acids is 2. The van der Waals surface area contributed by atoms with Gasteiger partial charge in [-0.1, -0.05) is 0 Å². The fourth-order valence-electron chi connectivity index (χ4n) is 4.01. The lowest BCUT2D eigenvalue weighted by Crippen LogP contribution is -2.41. The summed E-state index contributed by atoms with van der Waals surface area (Å²) in [4.78, 5) is 28.9. The number of piperidine rings is 1. The first kappa shape index (κ1) is 18.7. The molecule has 2 N–H and O–H groups in total. The predicted octanol–water partition coefficient (Wildman–Crippen LogP) is 2.69. The molecule has 1 spiro atoms. The molecule has 1 aromatic rings. The Hall–Kier alpha value is -2.08. The molecule has 2 heterocycles. The van der Waals surface area contributed by atoms with Crippen molar-refractivity contribution in [3.05, 3.63) is 29.3 Å². The van der Waals surface area contributed by atoms with Gasteiger partial charge < -0.3 is 20.4 Å². The molecule has 26 heavy (non-hydrogen) atoms. The van der Waals surface area contributed by atoms with Gasteiger partial charge >= 0.3 is 6.03 Å². The second kappa shape index (κ2) is 7.66. The maximum atomic E-state index is 12.7. The molecule has 0 saturated carbocycles. The number of carbonyl (C=O) groups is 2. The molecule has 142 valence electrons. The number of hydrogen-bond donors (Lipinski definition) is 2. The first-order chi connectivity index (χ1) is 12.4. The van der Waals surface area contributed by atoms with Crippen LogP contribution in [0.25, 0.3) is 0 Å². The summed E-state index contributed by atoms with van der Waals surface area (Å²) in [6, 6.07) is 5.37. The Labute approximate surface area is 155 Å². The van der Waals surface area contributed by atoms with E-state index >= 15 is 0 Å². The minimum absolute atomic E-state index is 0.0327. The van der Waals surface area contributed by atoms with Crippen LogP contribution < -0.4 is 10.6 Å². The number of nitrogens with zero attached hydrogens (tertiary/aromatic N) is 2. The van der Waals surface area contributed by atoms with Crippen molar-refractivity contribution in [3.8, 4) is 0 Å². The number of likely N-dealkylation sites (tertiary alicyclic amines) is 2. The molecule has 0 bridgehead atoms. The van der Waals surface area contributed by atoms with E-state index in [0.717, 1.165) is 43.9 Å². The van der Waals surface area contributed by atoms with Crippen LogP contribution in [0.15, 0.2) is 18.2 Å². The molecule has 0 unspecified atom stereocenters. The highest BCUT2D eigenvalue weighted by Gasteiger charge is 2.41. The zero-order valence-electron chi connectivity index (χ0n) is 16.1. The number of urea groups is 1. The molecule has 2 saturated heterocycles. The van der Waals surface area contributed by atoms with E-state index in [-0.39, 0.29) is 11.9 Å². The molecule has 0 atom stereocenters. The van der Waals surface area contributed by atoms with E-state index in [9.17, 15) is 9.59 Å². The maximum Gasteiger partial charge on any atom is 0.321 e. The fraction of sp³-hybridized carbons (Fsp3) is 0.600. The Balaban J connectivity index is 1.61. The van der Waals surface area contributed by atoms with Crippen LogP contribution in [-0.2, 0) is 0 Å². The Morgan fingerprint density at radius 1 is 1.15 bits per heavy atom. The summed E-state index contributed by atoms with van der Waals surface area (Å²) in [5.41, 5.74) is 2.59. The van der Waals surface area contributed by atoms with Gasteiger partial charge in [-0.25, -0.2) is 4.79 Å². The topological polar surface area (TPSA) is 64.7 Å². The first-order valence-electron chi connectivity index (χ1n) is 9.56. The molecule has 2 aliphatic rings. The minimum atomic E-state index is -0.0859. The van der Waals surface area contributed by atoms with E-state index in [1.165, 1.54) is 12.8 Å². The van der Waals surface area contributed by atoms with Gasteiger partial charge in [0.1, 0.15) is 0 Å². The molecular weight excluding hydrogens is 328 g/mol. The molecule has 3 rings (SSSR count). The van der Waals surface area contributed by atoms with Gasteiger partial charge in [-0.05, 0) is 82.4 Å². The Morgan fingerprint density at radius 3 is 2.50 bits per heavy atom. The Morgan fingerprint density at radius 2 is 1.85 bits per heavy atom. The molecule has 2 fully saturated rings. The smallest absolute Gasteiger partial charge is 0.321 e. The van der Waals surface area contributed by atoms with Crippen LogP contribution in [-0.4, -0.2) is 61.5 Å². The first-order valence-corrected chi connectivity index (χ1v) is 9.56. The lowest BCUT2D eigenvalue weighted by molar-refractivity contribution is 0.0955. The molecule has 0 radical (unpaired) electrons. The van der Waals surface area contributed by atoms with Crippen LogP contribution in [0, 0.1) is 12.3 Å². The third-order valence-corrected chi connectivity index (χ3v) is 5.84. The average Bonchev–Trinajstić information content (AvgIpc) is 3.04. The van der Waals surface area contributed by atoms with E-state index in [0.29, 0.717) is 17.5 Å². The molecule has 6 nitrogen and oxygen atoms in total. The van der Waals surface area contributed by atoms with Crippen LogP contribution in [0.2, 0.25) is 0 Å². The molecular formula is C20H30N4O2. The minimum Gasteiger partial charge on any atom is -0.352 e. The van der Waals surface area contributed by atoms with E-state index in [1.54, 1.807) is 6.07 Å². The molecule has 0 aromatic heterocycles. The highest BCUT2D eigenvalue weighted by molar-refractivity contribution is 5.96. The van der Waals surface area contributed by atoms with Crippen LogP contribution >= 0.6 is 0 Å². The summed E-state index contributed by atoms with van der Waals surface area (Å²) in [6.07, 6.45) is 3.45. The number of nitrogens with one attached hydrogen (secondary N) is 2. The van der Waals surface area contributed by atoms with Gasteiger partial charge in [0, 0.05) is 30.9 Å². The molecule has 0 aliphatic carbocycles. The highest BCUT2D eigenvalue weighted by Crippen LogP contribution is 2.40. The normalized spacial score (nSPS) is 19.6. The van der Waals surface area contributed by atoms with E-state index < -0.39 is 0 Å². The lowest BCUT2D eigenvalue weighted by atomic mass is 9.78. The Kier molecular flexibility index (Phi) is 5.51. The van der Waals surface area contributed by atoms with Gasteiger partial charge in [-0.15, -0.1) is 0 Å². The number of aryl methyl sites for hydroxylation is 1. The average molecular weight is 358 g/mol. The molecule has 1 aromatic carbocycles. The van der Waals surface area contributed by atoms with Gasteiger partial charge in [0.2, 0.25) is 0 Å². The molecule has 2 aliphatic heterocycles. The Bertz CT molecular complexity index is 680. The van der Waals surface area contributed by atoms with E-state index in [1.807, 2.05) is 30.9 Å². The summed E-state index contributed by atoms with van der Waals surface area (Å²) in [5.74, 6) is -0.0859. The highest BCUT2D eigenvalue weighted by atomic mass is 16.2. The van der Waals surface area contributed by atoms with Crippen LogP contribution in [0.4, 0.5) is 10.5 Å². The monoisotopic (exact) mass is 358 g/mol. The van der Waals surface area contributed by atoms with Crippen LogP contribution in [0.3, 0.4) is 0 Å².